The van der Waals surface area contributed by atoms with Crippen LogP contribution in [0.15, 0.2) is 48.5 Å². The molecule has 0 saturated heterocycles. The molecule has 0 saturated carbocycles. The van der Waals surface area contributed by atoms with Gasteiger partial charge >= 0.3 is 0 Å². The summed E-state index contributed by atoms with van der Waals surface area (Å²) in [5.74, 6) is 0.0240. The van der Waals surface area contributed by atoms with Crippen LogP contribution in [0, 0.1) is 5.82 Å². The average molecular weight is 300 g/mol. The Balaban J connectivity index is 1.84. The summed E-state index contributed by atoms with van der Waals surface area (Å²) in [6.45, 7) is 4.85. The van der Waals surface area contributed by atoms with E-state index in [1.165, 1.54) is 17.7 Å². The molecule has 2 N–H and O–H groups in total. The highest BCUT2D eigenvalue weighted by atomic mass is 19.1. The van der Waals surface area contributed by atoms with Gasteiger partial charge in [0.2, 0.25) is 5.91 Å². The summed E-state index contributed by atoms with van der Waals surface area (Å²) in [6.07, 6.45) is 0. The number of anilines is 1. The standard InChI is InChI=1S/C18H21FN2O/c1-13(2)16-5-3-4-6-17(16)20-12-18(22)21-11-14-7-9-15(19)10-8-14/h3-10,13,20H,11-12H2,1-2H3,(H,21,22). The minimum absolute atomic E-state index is 0.0946. The molecule has 2 rings (SSSR count). The third-order valence-corrected chi connectivity index (χ3v) is 3.43. The van der Waals surface area contributed by atoms with E-state index in [1.54, 1.807) is 12.1 Å². The first-order valence-corrected chi connectivity index (χ1v) is 7.40. The summed E-state index contributed by atoms with van der Waals surface area (Å²) in [5, 5.41) is 5.98. The molecule has 4 heteroatoms. The summed E-state index contributed by atoms with van der Waals surface area (Å²) in [5.41, 5.74) is 3.04. The van der Waals surface area contributed by atoms with Crippen molar-refractivity contribution in [1.29, 1.82) is 0 Å². The molecule has 0 atom stereocenters. The monoisotopic (exact) mass is 300 g/mol. The van der Waals surface area contributed by atoms with Crippen molar-refractivity contribution in [2.75, 3.05) is 11.9 Å². The third-order valence-electron chi connectivity index (χ3n) is 3.43. The second kappa shape index (κ2) is 7.59. The second-order valence-corrected chi connectivity index (χ2v) is 5.50. The summed E-state index contributed by atoms with van der Waals surface area (Å²) in [4.78, 5) is 11.9. The van der Waals surface area contributed by atoms with Gasteiger partial charge in [0.1, 0.15) is 5.82 Å². The van der Waals surface area contributed by atoms with Gasteiger partial charge in [0, 0.05) is 12.2 Å². The average Bonchev–Trinajstić information content (AvgIpc) is 2.52. The van der Waals surface area contributed by atoms with E-state index in [0.717, 1.165) is 11.3 Å². The second-order valence-electron chi connectivity index (χ2n) is 5.50. The number of hydrogen-bond acceptors (Lipinski definition) is 2. The number of nitrogens with one attached hydrogen (secondary N) is 2. The zero-order valence-electron chi connectivity index (χ0n) is 12.9. The normalized spacial score (nSPS) is 10.5. The number of para-hydroxylation sites is 1. The first-order valence-electron chi connectivity index (χ1n) is 7.40. The Morgan fingerprint density at radius 3 is 2.45 bits per heavy atom. The van der Waals surface area contributed by atoms with Crippen LogP contribution in [0.2, 0.25) is 0 Å². The number of hydrogen-bond donors (Lipinski definition) is 2. The van der Waals surface area contributed by atoms with Crippen LogP contribution in [0.1, 0.15) is 30.9 Å². The van der Waals surface area contributed by atoms with Crippen molar-refractivity contribution in [3.63, 3.8) is 0 Å². The number of rotatable bonds is 6. The maximum atomic E-state index is 12.8. The van der Waals surface area contributed by atoms with E-state index in [-0.39, 0.29) is 18.3 Å². The maximum absolute atomic E-state index is 12.8. The van der Waals surface area contributed by atoms with E-state index < -0.39 is 0 Å². The number of benzene rings is 2. The van der Waals surface area contributed by atoms with Gasteiger partial charge in [-0.25, -0.2) is 4.39 Å². The van der Waals surface area contributed by atoms with E-state index in [2.05, 4.69) is 30.5 Å². The van der Waals surface area contributed by atoms with Crippen LogP contribution in [0.5, 0.6) is 0 Å². The van der Waals surface area contributed by atoms with Crippen molar-refractivity contribution in [2.45, 2.75) is 26.3 Å². The van der Waals surface area contributed by atoms with Crippen molar-refractivity contribution in [2.24, 2.45) is 0 Å². The fraction of sp³-hybridized carbons (Fsp3) is 0.278. The lowest BCUT2D eigenvalue weighted by Gasteiger charge is -2.14. The number of carbonyl (C=O) groups excluding carboxylic acids is 1. The Kier molecular flexibility index (Phi) is 5.53. The fourth-order valence-corrected chi connectivity index (χ4v) is 2.20. The molecule has 0 heterocycles. The first-order chi connectivity index (χ1) is 10.6. The lowest BCUT2D eigenvalue weighted by atomic mass is 10.0. The topological polar surface area (TPSA) is 41.1 Å². The molecule has 1 amide bonds. The largest absolute Gasteiger partial charge is 0.376 e. The minimum Gasteiger partial charge on any atom is -0.376 e. The van der Waals surface area contributed by atoms with E-state index in [0.29, 0.717) is 12.5 Å². The van der Waals surface area contributed by atoms with Gasteiger partial charge in [-0.05, 0) is 35.2 Å². The molecular formula is C18H21FN2O. The highest BCUT2D eigenvalue weighted by Gasteiger charge is 2.07. The molecule has 0 aliphatic rings. The number of halogens is 1. The zero-order chi connectivity index (χ0) is 15.9. The Bertz CT molecular complexity index is 623. The molecule has 0 bridgehead atoms. The van der Waals surface area contributed by atoms with Gasteiger partial charge in [-0.3, -0.25) is 4.79 Å². The van der Waals surface area contributed by atoms with Gasteiger partial charge in [0.25, 0.3) is 0 Å². The first kappa shape index (κ1) is 16.0. The lowest BCUT2D eigenvalue weighted by Crippen LogP contribution is -2.29. The minimum atomic E-state index is -0.276. The lowest BCUT2D eigenvalue weighted by molar-refractivity contribution is -0.119. The summed E-state index contributed by atoms with van der Waals surface area (Å²) in [6, 6.07) is 14.1. The number of carbonyl (C=O) groups is 1. The molecule has 2 aromatic carbocycles. The Hall–Kier alpha value is -2.36. The molecule has 0 fully saturated rings. The van der Waals surface area contributed by atoms with Gasteiger partial charge in [-0.1, -0.05) is 44.2 Å². The maximum Gasteiger partial charge on any atom is 0.239 e. The van der Waals surface area contributed by atoms with Crippen LogP contribution < -0.4 is 10.6 Å². The molecular weight excluding hydrogens is 279 g/mol. The third kappa shape index (κ3) is 4.58. The molecule has 22 heavy (non-hydrogen) atoms. The van der Waals surface area contributed by atoms with Crippen molar-refractivity contribution >= 4 is 11.6 Å². The highest BCUT2D eigenvalue weighted by molar-refractivity contribution is 5.81. The summed E-state index contributed by atoms with van der Waals surface area (Å²) < 4.78 is 12.8. The quantitative estimate of drug-likeness (QED) is 0.854. The van der Waals surface area contributed by atoms with Crippen molar-refractivity contribution in [3.05, 3.63) is 65.5 Å². The molecule has 0 spiro atoms. The van der Waals surface area contributed by atoms with Crippen LogP contribution in [-0.2, 0) is 11.3 Å². The zero-order valence-corrected chi connectivity index (χ0v) is 12.9. The fourth-order valence-electron chi connectivity index (χ4n) is 2.20. The van der Waals surface area contributed by atoms with Crippen molar-refractivity contribution in [3.8, 4) is 0 Å². The van der Waals surface area contributed by atoms with E-state index in [9.17, 15) is 9.18 Å². The van der Waals surface area contributed by atoms with Crippen LogP contribution in [0.3, 0.4) is 0 Å². The van der Waals surface area contributed by atoms with Crippen LogP contribution in [0.4, 0.5) is 10.1 Å². The van der Waals surface area contributed by atoms with Gasteiger partial charge in [-0.15, -0.1) is 0 Å². The van der Waals surface area contributed by atoms with Gasteiger partial charge < -0.3 is 10.6 Å². The molecule has 2 aromatic rings. The van der Waals surface area contributed by atoms with Gasteiger partial charge in [0.15, 0.2) is 0 Å². The van der Waals surface area contributed by atoms with Crippen molar-refractivity contribution in [1.82, 2.24) is 5.32 Å². The summed E-state index contributed by atoms with van der Waals surface area (Å²) in [7, 11) is 0. The van der Waals surface area contributed by atoms with E-state index in [4.69, 9.17) is 0 Å². The molecule has 0 aliphatic carbocycles. The van der Waals surface area contributed by atoms with Gasteiger partial charge in [-0.2, -0.15) is 0 Å². The van der Waals surface area contributed by atoms with E-state index >= 15 is 0 Å². The molecule has 0 unspecified atom stereocenters. The Morgan fingerprint density at radius 2 is 1.77 bits per heavy atom. The highest BCUT2D eigenvalue weighted by Crippen LogP contribution is 2.23. The molecule has 0 radical (unpaired) electrons. The predicted octanol–water partition coefficient (Wildman–Crippen LogP) is 3.68. The Morgan fingerprint density at radius 1 is 1.09 bits per heavy atom. The van der Waals surface area contributed by atoms with Crippen LogP contribution in [-0.4, -0.2) is 12.5 Å². The van der Waals surface area contributed by atoms with E-state index in [1.807, 2.05) is 18.2 Å². The van der Waals surface area contributed by atoms with Crippen LogP contribution >= 0.6 is 0 Å². The Labute approximate surface area is 130 Å². The SMILES string of the molecule is CC(C)c1ccccc1NCC(=O)NCc1ccc(F)cc1. The van der Waals surface area contributed by atoms with Crippen LogP contribution in [0.25, 0.3) is 0 Å². The summed E-state index contributed by atoms with van der Waals surface area (Å²) >= 11 is 0. The predicted molar refractivity (Wildman–Crippen MR) is 87.3 cm³/mol. The molecule has 0 aromatic heterocycles. The molecule has 3 nitrogen and oxygen atoms in total. The number of amides is 1. The molecule has 0 aliphatic heterocycles. The van der Waals surface area contributed by atoms with Crippen molar-refractivity contribution < 1.29 is 9.18 Å². The molecule has 116 valence electrons. The van der Waals surface area contributed by atoms with Gasteiger partial charge in [0.05, 0.1) is 6.54 Å². The smallest absolute Gasteiger partial charge is 0.239 e.